The van der Waals surface area contributed by atoms with Crippen molar-refractivity contribution in [2.45, 2.75) is 19.9 Å². The van der Waals surface area contributed by atoms with Gasteiger partial charge in [-0.15, -0.1) is 0 Å². The van der Waals surface area contributed by atoms with Gasteiger partial charge in [-0.05, 0) is 37.3 Å². The van der Waals surface area contributed by atoms with Crippen molar-refractivity contribution in [2.24, 2.45) is 0 Å². The molecule has 9 heteroatoms. The molecule has 1 aliphatic rings. The number of rotatable bonds is 6. The van der Waals surface area contributed by atoms with E-state index in [1.54, 1.807) is 42.5 Å². The maximum atomic E-state index is 12.8. The summed E-state index contributed by atoms with van der Waals surface area (Å²) in [5.41, 5.74) is 0.964. The van der Waals surface area contributed by atoms with Gasteiger partial charge in [0.05, 0.1) is 28.6 Å². The van der Waals surface area contributed by atoms with Crippen LogP contribution in [0.4, 0.5) is 0 Å². The quantitative estimate of drug-likeness (QED) is 0.544. The Balaban J connectivity index is 1.45. The van der Waals surface area contributed by atoms with Crippen LogP contribution in [0.15, 0.2) is 51.7 Å². The van der Waals surface area contributed by atoms with Gasteiger partial charge >= 0.3 is 0 Å². The van der Waals surface area contributed by atoms with Crippen LogP contribution in [0.25, 0.3) is 10.9 Å². The number of para-hydroxylation sites is 1. The third-order valence-electron chi connectivity index (χ3n) is 5.22. The summed E-state index contributed by atoms with van der Waals surface area (Å²) in [5.74, 6) is -0.665. The molecule has 158 valence electrons. The topological polar surface area (TPSA) is 103 Å². The normalized spacial score (nSPS) is 13.0. The first kappa shape index (κ1) is 20.9. The van der Waals surface area contributed by atoms with Gasteiger partial charge in [0.2, 0.25) is 5.91 Å². The number of nitrogens with zero attached hydrogens (tertiary/aromatic N) is 3. The number of fused-ring (bicyclic) bond motifs is 2. The number of nitrogens with one attached hydrogen (secondary N) is 1. The van der Waals surface area contributed by atoms with Crippen LogP contribution >= 0.6 is 15.9 Å². The van der Waals surface area contributed by atoms with Crippen LogP contribution in [0.5, 0.6) is 0 Å². The fraction of sp³-hybridized carbons (Fsp3) is 0.227. The van der Waals surface area contributed by atoms with Gasteiger partial charge in [0.1, 0.15) is 5.82 Å². The molecule has 3 aromatic rings. The summed E-state index contributed by atoms with van der Waals surface area (Å²) in [6.07, 6.45) is -0.0156. The summed E-state index contributed by atoms with van der Waals surface area (Å²) in [7, 11) is 0. The van der Waals surface area contributed by atoms with E-state index in [0.29, 0.717) is 38.9 Å². The zero-order valence-electron chi connectivity index (χ0n) is 16.7. The summed E-state index contributed by atoms with van der Waals surface area (Å²) in [6.45, 7) is 2.33. The Morgan fingerprint density at radius 3 is 2.61 bits per heavy atom. The van der Waals surface area contributed by atoms with Crippen molar-refractivity contribution < 1.29 is 14.4 Å². The monoisotopic (exact) mass is 482 g/mol. The number of halogens is 1. The molecule has 3 amide bonds. The Labute approximate surface area is 186 Å². The van der Waals surface area contributed by atoms with Crippen molar-refractivity contribution in [3.8, 4) is 0 Å². The molecule has 0 unspecified atom stereocenters. The van der Waals surface area contributed by atoms with Crippen molar-refractivity contribution in [1.82, 2.24) is 19.8 Å². The highest BCUT2D eigenvalue weighted by molar-refractivity contribution is 9.10. The summed E-state index contributed by atoms with van der Waals surface area (Å²) in [6, 6.07) is 11.9. The highest BCUT2D eigenvalue weighted by Gasteiger charge is 2.35. The van der Waals surface area contributed by atoms with Crippen molar-refractivity contribution in [2.75, 3.05) is 13.1 Å². The van der Waals surface area contributed by atoms with Gasteiger partial charge in [-0.1, -0.05) is 28.1 Å². The van der Waals surface area contributed by atoms with Gasteiger partial charge in [0.25, 0.3) is 17.4 Å². The molecule has 1 aliphatic heterocycles. The maximum absolute atomic E-state index is 12.8. The molecule has 2 aromatic carbocycles. The van der Waals surface area contributed by atoms with E-state index in [4.69, 9.17) is 0 Å². The lowest BCUT2D eigenvalue weighted by Gasteiger charge is -2.22. The van der Waals surface area contributed by atoms with Crippen molar-refractivity contribution in [3.63, 3.8) is 0 Å². The number of aromatic nitrogens is 2. The van der Waals surface area contributed by atoms with Gasteiger partial charge in [-0.2, -0.15) is 0 Å². The standard InChI is InChI=1S/C22H19BrN4O4/c1-2-26(12-18-24-17-6-4-3-5-15(17)20(29)25-18)19(28)9-10-27-21(30)14-8-7-13(23)11-16(14)22(27)31/h3-8,11H,2,9-10,12H2,1H3,(H,24,25,29). The van der Waals surface area contributed by atoms with Gasteiger partial charge in [0, 0.05) is 24.0 Å². The highest BCUT2D eigenvalue weighted by atomic mass is 79.9. The second-order valence-electron chi connectivity index (χ2n) is 7.14. The lowest BCUT2D eigenvalue weighted by Crippen LogP contribution is -2.37. The molecule has 0 saturated carbocycles. The Morgan fingerprint density at radius 2 is 1.84 bits per heavy atom. The second kappa shape index (κ2) is 8.43. The third-order valence-corrected chi connectivity index (χ3v) is 5.71. The van der Waals surface area contributed by atoms with Gasteiger partial charge in [-0.25, -0.2) is 4.98 Å². The molecule has 2 heterocycles. The molecule has 0 spiro atoms. The Bertz CT molecular complexity index is 1270. The van der Waals surface area contributed by atoms with Crippen LogP contribution < -0.4 is 5.56 Å². The summed E-state index contributed by atoms with van der Waals surface area (Å²) < 4.78 is 0.708. The van der Waals surface area contributed by atoms with E-state index in [0.717, 1.165) is 4.90 Å². The van der Waals surface area contributed by atoms with Crippen LogP contribution in [-0.4, -0.2) is 50.6 Å². The van der Waals surface area contributed by atoms with E-state index in [1.807, 2.05) is 6.92 Å². The fourth-order valence-electron chi connectivity index (χ4n) is 3.60. The van der Waals surface area contributed by atoms with E-state index in [-0.39, 0.29) is 31.0 Å². The minimum Gasteiger partial charge on any atom is -0.335 e. The SMILES string of the molecule is CCN(Cc1nc2ccccc2c(=O)[nH]1)C(=O)CCN1C(=O)c2ccc(Br)cc2C1=O. The number of H-pyrrole nitrogens is 1. The van der Waals surface area contributed by atoms with Crippen LogP contribution in [0.3, 0.4) is 0 Å². The number of benzene rings is 2. The molecule has 1 N–H and O–H groups in total. The van der Waals surface area contributed by atoms with E-state index in [2.05, 4.69) is 25.9 Å². The summed E-state index contributed by atoms with van der Waals surface area (Å²) in [5, 5.41) is 0.484. The molecule has 0 atom stereocenters. The molecule has 4 rings (SSSR count). The molecule has 0 aliphatic carbocycles. The fourth-order valence-corrected chi connectivity index (χ4v) is 3.96. The van der Waals surface area contributed by atoms with Crippen LogP contribution in [-0.2, 0) is 11.3 Å². The second-order valence-corrected chi connectivity index (χ2v) is 8.06. The van der Waals surface area contributed by atoms with E-state index >= 15 is 0 Å². The summed E-state index contributed by atoms with van der Waals surface area (Å²) >= 11 is 3.30. The predicted molar refractivity (Wildman–Crippen MR) is 118 cm³/mol. The van der Waals surface area contributed by atoms with Crippen LogP contribution in [0.2, 0.25) is 0 Å². The van der Waals surface area contributed by atoms with Crippen LogP contribution in [0.1, 0.15) is 39.9 Å². The van der Waals surface area contributed by atoms with Gasteiger partial charge in [-0.3, -0.25) is 24.1 Å². The Morgan fingerprint density at radius 1 is 1.10 bits per heavy atom. The van der Waals surface area contributed by atoms with E-state index in [1.165, 1.54) is 4.90 Å². The largest absolute Gasteiger partial charge is 0.335 e. The average molecular weight is 483 g/mol. The highest BCUT2D eigenvalue weighted by Crippen LogP contribution is 2.26. The lowest BCUT2D eigenvalue weighted by molar-refractivity contribution is -0.131. The third kappa shape index (κ3) is 4.00. The number of amides is 3. The molecule has 0 bridgehead atoms. The molecular weight excluding hydrogens is 464 g/mol. The lowest BCUT2D eigenvalue weighted by atomic mass is 10.1. The number of carbonyl (C=O) groups is 3. The van der Waals surface area contributed by atoms with Crippen molar-refractivity contribution >= 4 is 44.6 Å². The number of carbonyl (C=O) groups excluding carboxylic acids is 3. The molecule has 31 heavy (non-hydrogen) atoms. The smallest absolute Gasteiger partial charge is 0.261 e. The first-order chi connectivity index (χ1) is 14.9. The van der Waals surface area contributed by atoms with E-state index < -0.39 is 11.8 Å². The zero-order valence-corrected chi connectivity index (χ0v) is 18.3. The number of aromatic amines is 1. The molecular formula is C22H19BrN4O4. The molecule has 1 aromatic heterocycles. The Kier molecular flexibility index (Phi) is 5.69. The van der Waals surface area contributed by atoms with Gasteiger partial charge in [0.15, 0.2) is 0 Å². The average Bonchev–Trinajstić information content (AvgIpc) is 2.99. The minimum atomic E-state index is -0.405. The van der Waals surface area contributed by atoms with Crippen LogP contribution in [0, 0.1) is 0 Å². The van der Waals surface area contributed by atoms with E-state index in [9.17, 15) is 19.2 Å². The molecule has 0 saturated heterocycles. The zero-order chi connectivity index (χ0) is 22.1. The number of imide groups is 1. The first-order valence-corrected chi connectivity index (χ1v) is 10.6. The summed E-state index contributed by atoms with van der Waals surface area (Å²) in [4.78, 5) is 59.9. The number of hydrogen-bond donors (Lipinski definition) is 1. The molecule has 8 nitrogen and oxygen atoms in total. The first-order valence-electron chi connectivity index (χ1n) is 9.80. The molecule has 0 radical (unpaired) electrons. The molecule has 0 fully saturated rings. The Hall–Kier alpha value is -3.33. The maximum Gasteiger partial charge on any atom is 0.261 e. The minimum absolute atomic E-state index is 0.0129. The predicted octanol–water partition coefficient (Wildman–Crippen LogP) is 2.72. The van der Waals surface area contributed by atoms with Crippen molar-refractivity contribution in [1.29, 1.82) is 0 Å². The van der Waals surface area contributed by atoms with Gasteiger partial charge < -0.3 is 9.88 Å². The number of hydrogen-bond acceptors (Lipinski definition) is 5. The van der Waals surface area contributed by atoms with Crippen molar-refractivity contribution in [3.05, 3.63) is 74.2 Å².